The van der Waals surface area contributed by atoms with Crippen LogP contribution in [0.4, 0.5) is 11.4 Å². The summed E-state index contributed by atoms with van der Waals surface area (Å²) < 4.78 is 0.898. The number of hydrogen-bond acceptors (Lipinski definition) is 2. The van der Waals surface area contributed by atoms with Crippen LogP contribution in [0.1, 0.15) is 16.7 Å². The number of nitriles is 1. The molecule has 0 atom stereocenters. The first-order chi connectivity index (χ1) is 8.60. The van der Waals surface area contributed by atoms with Gasteiger partial charge in [-0.1, -0.05) is 34.1 Å². The zero-order valence-electron chi connectivity index (χ0n) is 10.3. The molecule has 0 aliphatic heterocycles. The van der Waals surface area contributed by atoms with Crippen LogP contribution in [-0.4, -0.2) is 0 Å². The molecule has 0 saturated carbocycles. The van der Waals surface area contributed by atoms with E-state index in [1.807, 2.05) is 18.2 Å². The van der Waals surface area contributed by atoms with Crippen LogP contribution in [0.2, 0.25) is 0 Å². The van der Waals surface area contributed by atoms with Gasteiger partial charge in [-0.3, -0.25) is 0 Å². The van der Waals surface area contributed by atoms with Crippen molar-refractivity contribution in [3.8, 4) is 6.07 Å². The van der Waals surface area contributed by atoms with Gasteiger partial charge >= 0.3 is 0 Å². The molecule has 0 spiro atoms. The van der Waals surface area contributed by atoms with Crippen molar-refractivity contribution in [1.29, 1.82) is 5.26 Å². The van der Waals surface area contributed by atoms with Crippen LogP contribution < -0.4 is 5.32 Å². The average molecular weight is 301 g/mol. The number of anilines is 2. The Bertz CT molecular complexity index is 607. The van der Waals surface area contributed by atoms with Gasteiger partial charge in [0.05, 0.1) is 11.6 Å². The molecular weight excluding hydrogens is 288 g/mol. The first-order valence-electron chi connectivity index (χ1n) is 5.64. The van der Waals surface area contributed by atoms with Gasteiger partial charge in [0.15, 0.2) is 0 Å². The lowest BCUT2D eigenvalue weighted by molar-refractivity contribution is 1.35. The van der Waals surface area contributed by atoms with Crippen molar-refractivity contribution in [2.45, 2.75) is 13.8 Å². The first-order valence-corrected chi connectivity index (χ1v) is 6.43. The molecule has 0 heterocycles. The maximum atomic E-state index is 8.96. The Morgan fingerprint density at radius 2 is 1.78 bits per heavy atom. The van der Waals surface area contributed by atoms with E-state index in [4.69, 9.17) is 5.26 Å². The number of rotatable bonds is 2. The Morgan fingerprint density at radius 1 is 1.11 bits per heavy atom. The van der Waals surface area contributed by atoms with Crippen LogP contribution in [0, 0.1) is 25.2 Å². The predicted molar refractivity (Wildman–Crippen MR) is 78.1 cm³/mol. The van der Waals surface area contributed by atoms with E-state index >= 15 is 0 Å². The minimum Gasteiger partial charge on any atom is -0.355 e. The Kier molecular flexibility index (Phi) is 3.69. The third kappa shape index (κ3) is 2.72. The lowest BCUT2D eigenvalue weighted by atomic mass is 10.1. The van der Waals surface area contributed by atoms with Crippen molar-refractivity contribution < 1.29 is 0 Å². The maximum Gasteiger partial charge on any atom is 0.0992 e. The third-order valence-electron chi connectivity index (χ3n) is 2.78. The lowest BCUT2D eigenvalue weighted by Gasteiger charge is -2.13. The van der Waals surface area contributed by atoms with Crippen LogP contribution in [-0.2, 0) is 0 Å². The van der Waals surface area contributed by atoms with E-state index in [-0.39, 0.29) is 0 Å². The number of hydrogen-bond donors (Lipinski definition) is 1. The molecule has 18 heavy (non-hydrogen) atoms. The summed E-state index contributed by atoms with van der Waals surface area (Å²) in [5, 5.41) is 12.3. The highest BCUT2D eigenvalue weighted by Crippen LogP contribution is 2.27. The zero-order valence-corrected chi connectivity index (χ0v) is 11.9. The van der Waals surface area contributed by atoms with Crippen molar-refractivity contribution in [3.63, 3.8) is 0 Å². The molecule has 3 heteroatoms. The molecule has 2 nitrogen and oxygen atoms in total. The normalized spacial score (nSPS) is 9.89. The molecule has 1 N–H and O–H groups in total. The van der Waals surface area contributed by atoms with Gasteiger partial charge in [0, 0.05) is 15.8 Å². The Morgan fingerprint density at radius 3 is 2.39 bits per heavy atom. The summed E-state index contributed by atoms with van der Waals surface area (Å²) >= 11 is 3.41. The fraction of sp³-hybridized carbons (Fsp3) is 0.133. The van der Waals surface area contributed by atoms with Gasteiger partial charge in [-0.05, 0) is 43.2 Å². The van der Waals surface area contributed by atoms with Crippen LogP contribution in [0.25, 0.3) is 0 Å². The van der Waals surface area contributed by atoms with E-state index in [0.29, 0.717) is 5.56 Å². The topological polar surface area (TPSA) is 35.8 Å². The molecule has 0 fully saturated rings. The van der Waals surface area contributed by atoms with Crippen LogP contribution in [0.15, 0.2) is 40.9 Å². The molecule has 0 bridgehead atoms. The largest absolute Gasteiger partial charge is 0.355 e. The van der Waals surface area contributed by atoms with Gasteiger partial charge in [0.25, 0.3) is 0 Å². The lowest BCUT2D eigenvalue weighted by Crippen LogP contribution is -1.96. The van der Waals surface area contributed by atoms with Gasteiger partial charge in [0.2, 0.25) is 0 Å². The molecule has 90 valence electrons. The summed E-state index contributed by atoms with van der Waals surface area (Å²) in [5.74, 6) is 0. The van der Waals surface area contributed by atoms with Gasteiger partial charge in [0.1, 0.15) is 0 Å². The van der Waals surface area contributed by atoms with Gasteiger partial charge in [-0.2, -0.15) is 5.26 Å². The Hall–Kier alpha value is -1.79. The number of halogens is 1. The second-order valence-corrected chi connectivity index (χ2v) is 5.15. The van der Waals surface area contributed by atoms with Gasteiger partial charge < -0.3 is 5.32 Å². The minimum absolute atomic E-state index is 0.637. The molecule has 0 aliphatic rings. The second-order valence-electron chi connectivity index (χ2n) is 4.23. The van der Waals surface area contributed by atoms with Crippen LogP contribution in [0.5, 0.6) is 0 Å². The van der Waals surface area contributed by atoms with Crippen molar-refractivity contribution in [2.24, 2.45) is 0 Å². The van der Waals surface area contributed by atoms with Gasteiger partial charge in [-0.15, -0.1) is 0 Å². The van der Waals surface area contributed by atoms with Crippen LogP contribution in [0.3, 0.4) is 0 Å². The smallest absolute Gasteiger partial charge is 0.0992 e. The first kappa shape index (κ1) is 12.7. The van der Waals surface area contributed by atoms with E-state index < -0.39 is 0 Å². The molecule has 0 saturated heterocycles. The Balaban J connectivity index is 2.40. The van der Waals surface area contributed by atoms with E-state index in [9.17, 15) is 0 Å². The minimum atomic E-state index is 0.637. The summed E-state index contributed by atoms with van der Waals surface area (Å²) in [6.45, 7) is 4.14. The van der Waals surface area contributed by atoms with E-state index in [2.05, 4.69) is 53.3 Å². The second kappa shape index (κ2) is 5.24. The maximum absolute atomic E-state index is 8.96. The fourth-order valence-electron chi connectivity index (χ4n) is 1.88. The Labute approximate surface area is 115 Å². The summed E-state index contributed by atoms with van der Waals surface area (Å²) in [6.07, 6.45) is 0. The molecule has 0 aromatic heterocycles. The number of benzene rings is 2. The highest BCUT2D eigenvalue weighted by Gasteiger charge is 2.04. The fourth-order valence-corrected chi connectivity index (χ4v) is 2.38. The number of nitrogens with zero attached hydrogens (tertiary/aromatic N) is 1. The van der Waals surface area contributed by atoms with Crippen molar-refractivity contribution >= 4 is 27.3 Å². The third-order valence-corrected chi connectivity index (χ3v) is 3.24. The van der Waals surface area contributed by atoms with Crippen molar-refractivity contribution in [2.75, 3.05) is 5.32 Å². The SMILES string of the molecule is Cc1cccc(C)c1Nc1cc(Br)cc(C#N)c1. The standard InChI is InChI=1S/C15H13BrN2/c1-10-4-3-5-11(2)15(10)18-14-7-12(9-17)6-13(16)8-14/h3-8,18H,1-2H3. The van der Waals surface area contributed by atoms with Crippen molar-refractivity contribution in [3.05, 3.63) is 57.6 Å². The van der Waals surface area contributed by atoms with E-state index in [0.717, 1.165) is 15.8 Å². The number of aryl methyl sites for hydroxylation is 2. The van der Waals surface area contributed by atoms with E-state index in [1.54, 1.807) is 6.07 Å². The molecule has 0 unspecified atom stereocenters. The molecule has 0 amide bonds. The number of nitrogens with one attached hydrogen (secondary N) is 1. The molecular formula is C15H13BrN2. The molecule has 2 aromatic rings. The predicted octanol–water partition coefficient (Wildman–Crippen LogP) is 4.68. The zero-order chi connectivity index (χ0) is 13.1. The summed E-state index contributed by atoms with van der Waals surface area (Å²) in [7, 11) is 0. The molecule has 2 aromatic carbocycles. The average Bonchev–Trinajstić information content (AvgIpc) is 2.33. The summed E-state index contributed by atoms with van der Waals surface area (Å²) in [6, 6.07) is 13.9. The van der Waals surface area contributed by atoms with Gasteiger partial charge in [-0.25, -0.2) is 0 Å². The monoisotopic (exact) mass is 300 g/mol. The molecule has 2 rings (SSSR count). The quantitative estimate of drug-likeness (QED) is 0.874. The highest BCUT2D eigenvalue weighted by molar-refractivity contribution is 9.10. The van der Waals surface area contributed by atoms with Crippen molar-refractivity contribution in [1.82, 2.24) is 0 Å². The van der Waals surface area contributed by atoms with E-state index in [1.165, 1.54) is 11.1 Å². The highest BCUT2D eigenvalue weighted by atomic mass is 79.9. The summed E-state index contributed by atoms with van der Waals surface area (Å²) in [4.78, 5) is 0. The molecule has 0 aliphatic carbocycles. The molecule has 0 radical (unpaired) electrons. The summed E-state index contributed by atoms with van der Waals surface area (Å²) in [5.41, 5.74) is 5.03. The van der Waals surface area contributed by atoms with Crippen LogP contribution >= 0.6 is 15.9 Å². The number of para-hydroxylation sites is 1.